The molecule has 11 nitrogen and oxygen atoms in total. The average molecular weight is 834 g/mol. The first-order valence-corrected chi connectivity index (χ1v) is 15.8. The molecule has 1 saturated heterocycles. The van der Waals surface area contributed by atoms with E-state index in [1.165, 1.54) is 0 Å². The Morgan fingerprint density at radius 1 is 0.698 bits per heavy atom. The van der Waals surface area contributed by atoms with Crippen LogP contribution in [0.5, 0.6) is 0 Å². The summed E-state index contributed by atoms with van der Waals surface area (Å²) in [5, 5.41) is -5.44. The highest BCUT2D eigenvalue weighted by molar-refractivity contribution is 7.87. The van der Waals surface area contributed by atoms with Crippen molar-refractivity contribution in [3.05, 3.63) is 0 Å². The van der Waals surface area contributed by atoms with E-state index >= 15 is 0 Å². The van der Waals surface area contributed by atoms with Crippen molar-refractivity contribution in [2.24, 2.45) is 23.2 Å². The quantitative estimate of drug-likeness (QED) is 0.129. The molecule has 0 radical (unpaired) electrons. The first kappa shape index (κ1) is 42.9. The summed E-state index contributed by atoms with van der Waals surface area (Å²) in [7, 11) is -6.32. The van der Waals surface area contributed by atoms with E-state index < -0.39 is 143 Å². The van der Waals surface area contributed by atoms with Gasteiger partial charge < -0.3 is 23.7 Å². The molecule has 1 spiro atoms. The fourth-order valence-corrected chi connectivity index (χ4v) is 7.12. The monoisotopic (exact) mass is 834 g/mol. The van der Waals surface area contributed by atoms with Gasteiger partial charge in [-0.1, -0.05) is 0 Å². The molecule has 5 rings (SSSR count). The molecule has 4 saturated carbocycles. The topological polar surface area (TPSA) is 152 Å². The molecule has 1 N–H and O–H groups in total. The van der Waals surface area contributed by atoms with Crippen LogP contribution in [0.1, 0.15) is 32.1 Å². The van der Waals surface area contributed by atoms with E-state index in [1.807, 2.05) is 0 Å². The molecule has 5 fully saturated rings. The number of alkyl halides is 16. The number of ether oxygens (including phenoxy) is 5. The summed E-state index contributed by atoms with van der Waals surface area (Å²) >= 11 is 0. The highest BCUT2D eigenvalue weighted by Crippen LogP contribution is 2.64. The third-order valence-electron chi connectivity index (χ3n) is 9.41. The fraction of sp³-hybridized carbons (Fsp3) is 0.880. The standard InChI is InChI=1S/C25H22F16O11S/c26-18(27,22(32,33)24(36,37)38)9-49-13(42)16(6-48-14(43)20(28,29)23(34,35)25(39,40)41)7-50-19(51-8-16)11-1-10-2-12(19)5-17(3-10,4-11)52-15(44)21(30,31)53(45,46)47/h10-12H,1-9H2,(H,45,46,47). The summed E-state index contributed by atoms with van der Waals surface area (Å²) in [5.41, 5.74) is -5.13. The Morgan fingerprint density at radius 2 is 1.17 bits per heavy atom. The van der Waals surface area contributed by atoms with Crippen LogP contribution in [-0.4, -0.2) is 110 Å². The van der Waals surface area contributed by atoms with Crippen LogP contribution in [0.15, 0.2) is 0 Å². The van der Waals surface area contributed by atoms with Gasteiger partial charge in [-0.15, -0.1) is 0 Å². The Morgan fingerprint density at radius 3 is 1.60 bits per heavy atom. The average Bonchev–Trinajstić information content (AvgIpc) is 2.99. The Labute approximate surface area is 284 Å². The highest BCUT2D eigenvalue weighted by Gasteiger charge is 2.78. The molecule has 0 aromatic heterocycles. The molecule has 1 aliphatic heterocycles. The Hall–Kier alpha value is -2.88. The van der Waals surface area contributed by atoms with Crippen LogP contribution in [0.25, 0.3) is 0 Å². The molecule has 0 amide bonds. The highest BCUT2D eigenvalue weighted by atomic mass is 32.2. The molecule has 1 heterocycles. The molecule has 0 aromatic rings. The van der Waals surface area contributed by atoms with Gasteiger partial charge in [-0.3, -0.25) is 9.35 Å². The van der Waals surface area contributed by atoms with E-state index in [1.54, 1.807) is 0 Å². The molecule has 53 heavy (non-hydrogen) atoms. The molecular formula is C25H22F16O11S. The first-order chi connectivity index (χ1) is 23.5. The van der Waals surface area contributed by atoms with E-state index in [0.29, 0.717) is 0 Å². The first-order valence-electron chi connectivity index (χ1n) is 14.4. The maximum atomic E-state index is 14.0. The summed E-state index contributed by atoms with van der Waals surface area (Å²) < 4.78 is 267. The lowest BCUT2D eigenvalue weighted by molar-refractivity contribution is -0.393. The molecular weight excluding hydrogens is 812 g/mol. The van der Waals surface area contributed by atoms with Crippen molar-refractivity contribution in [3.8, 4) is 0 Å². The zero-order valence-electron chi connectivity index (χ0n) is 25.6. The number of esters is 3. The van der Waals surface area contributed by atoms with Gasteiger partial charge in [-0.2, -0.15) is 78.7 Å². The molecule has 0 aromatic carbocycles. The van der Waals surface area contributed by atoms with Crippen LogP contribution in [0.3, 0.4) is 0 Å². The van der Waals surface area contributed by atoms with Crippen LogP contribution in [-0.2, 0) is 48.2 Å². The summed E-state index contributed by atoms with van der Waals surface area (Å²) in [5.74, 6) is -40.8. The number of rotatable bonds is 11. The van der Waals surface area contributed by atoms with Crippen LogP contribution in [0.4, 0.5) is 70.2 Å². The fourth-order valence-electron chi connectivity index (χ4n) is 6.87. The van der Waals surface area contributed by atoms with E-state index in [9.17, 15) is 93.0 Å². The summed E-state index contributed by atoms with van der Waals surface area (Å²) in [6.07, 6.45) is -15.3. The Kier molecular flexibility index (Phi) is 10.2. The summed E-state index contributed by atoms with van der Waals surface area (Å²) in [6.45, 7) is -8.38. The molecule has 2 atom stereocenters. The minimum Gasteiger partial charge on any atom is -0.460 e. The van der Waals surface area contributed by atoms with Crippen LogP contribution in [0.2, 0.25) is 0 Å². The number of halogens is 16. The minimum atomic E-state index is -7.13. The maximum absolute atomic E-state index is 14.0. The van der Waals surface area contributed by atoms with Gasteiger partial charge in [0, 0.05) is 11.8 Å². The second-order valence-electron chi connectivity index (χ2n) is 13.1. The summed E-state index contributed by atoms with van der Waals surface area (Å²) in [6, 6.07) is 0. The summed E-state index contributed by atoms with van der Waals surface area (Å²) in [4.78, 5) is 36.8. The number of carbonyl (C=O) groups is 3. The van der Waals surface area contributed by atoms with Crippen molar-refractivity contribution in [1.82, 2.24) is 0 Å². The minimum absolute atomic E-state index is 0.00554. The lowest BCUT2D eigenvalue weighted by Gasteiger charge is -2.64. The van der Waals surface area contributed by atoms with Gasteiger partial charge in [-0.25, -0.2) is 9.59 Å². The van der Waals surface area contributed by atoms with E-state index in [-0.39, 0.29) is 19.3 Å². The number of hydrogen-bond donors (Lipinski definition) is 1. The van der Waals surface area contributed by atoms with Gasteiger partial charge >= 0.3 is 69.3 Å². The van der Waals surface area contributed by atoms with E-state index in [2.05, 4.69) is 9.47 Å². The van der Waals surface area contributed by atoms with Crippen LogP contribution in [0, 0.1) is 23.2 Å². The van der Waals surface area contributed by atoms with Gasteiger partial charge in [0.25, 0.3) is 0 Å². The van der Waals surface area contributed by atoms with Gasteiger partial charge in [0.2, 0.25) is 0 Å². The maximum Gasteiger partial charge on any atom is 0.465 e. The molecule has 28 heteroatoms. The van der Waals surface area contributed by atoms with Crippen molar-refractivity contribution in [3.63, 3.8) is 0 Å². The third kappa shape index (κ3) is 6.86. The van der Waals surface area contributed by atoms with Gasteiger partial charge in [0.15, 0.2) is 12.4 Å². The lowest BCUT2D eigenvalue weighted by atomic mass is 9.51. The predicted octanol–water partition coefficient (Wildman–Crippen LogP) is 5.07. The van der Waals surface area contributed by atoms with Crippen molar-refractivity contribution in [1.29, 1.82) is 0 Å². The third-order valence-corrected chi connectivity index (χ3v) is 10.2. The molecule has 306 valence electrons. The van der Waals surface area contributed by atoms with Gasteiger partial charge in [0.1, 0.15) is 17.6 Å². The zero-order valence-corrected chi connectivity index (χ0v) is 26.4. The van der Waals surface area contributed by atoms with Crippen molar-refractivity contribution in [2.45, 2.75) is 84.8 Å². The normalized spacial score (nSPS) is 31.4. The predicted molar refractivity (Wildman–Crippen MR) is 130 cm³/mol. The second kappa shape index (κ2) is 12.6. The molecule has 4 aliphatic carbocycles. The van der Waals surface area contributed by atoms with E-state index in [4.69, 9.17) is 18.8 Å². The number of carbonyl (C=O) groups excluding carboxylic acids is 3. The Balaban J connectivity index is 1.60. The van der Waals surface area contributed by atoms with Gasteiger partial charge in [-0.05, 0) is 38.0 Å². The van der Waals surface area contributed by atoms with Crippen molar-refractivity contribution >= 4 is 28.0 Å². The van der Waals surface area contributed by atoms with Crippen LogP contribution < -0.4 is 0 Å². The largest absolute Gasteiger partial charge is 0.465 e. The van der Waals surface area contributed by atoms with Crippen molar-refractivity contribution < 1.29 is 121 Å². The molecule has 2 unspecified atom stereocenters. The van der Waals surface area contributed by atoms with Gasteiger partial charge in [0.05, 0.1) is 13.2 Å². The van der Waals surface area contributed by atoms with Crippen molar-refractivity contribution in [2.75, 3.05) is 26.4 Å². The number of hydrogen-bond acceptors (Lipinski definition) is 10. The Bertz CT molecular complexity index is 1570. The zero-order chi connectivity index (χ0) is 40.9. The second-order valence-corrected chi connectivity index (χ2v) is 14.5. The SMILES string of the molecule is O=C(OCC(F)(F)C(F)(F)C(F)(F)F)C1(COC(=O)C(F)(F)C(F)(F)C(F)(F)F)COC2(OC1)C1CC3CC2CC(OC(=O)C(F)(F)S(=O)(=O)O)(C3)C1. The van der Waals surface area contributed by atoms with Crippen LogP contribution >= 0.6 is 0 Å². The lowest BCUT2D eigenvalue weighted by Crippen LogP contribution is -2.70. The smallest absolute Gasteiger partial charge is 0.460 e. The molecule has 5 aliphatic rings. The van der Waals surface area contributed by atoms with E-state index in [0.717, 1.165) is 0 Å². The molecule has 4 bridgehead atoms.